The molecule has 0 aliphatic carbocycles. The van der Waals surface area contributed by atoms with Crippen molar-refractivity contribution >= 4 is 40.2 Å². The van der Waals surface area contributed by atoms with Gasteiger partial charge in [0.1, 0.15) is 0 Å². The van der Waals surface area contributed by atoms with E-state index in [0.717, 1.165) is 14.7 Å². The highest BCUT2D eigenvalue weighted by Gasteiger charge is 2.13. The highest BCUT2D eigenvalue weighted by atomic mass is 127. The lowest BCUT2D eigenvalue weighted by Crippen LogP contribution is -2.03. The molecule has 2 rings (SSSR count). The van der Waals surface area contributed by atoms with Crippen LogP contribution in [0.25, 0.3) is 11.1 Å². The van der Waals surface area contributed by atoms with Gasteiger partial charge in [0.25, 0.3) is 0 Å². The second-order valence-electron chi connectivity index (χ2n) is 3.69. The summed E-state index contributed by atoms with van der Waals surface area (Å²) in [6.07, 6.45) is 0. The second-order valence-corrected chi connectivity index (χ2v) is 5.37. The minimum Gasteiger partial charge on any atom is -0.465 e. The van der Waals surface area contributed by atoms with Crippen LogP contribution in [0.5, 0.6) is 0 Å². The number of benzene rings is 2. The van der Waals surface area contributed by atoms with E-state index < -0.39 is 0 Å². The fourth-order valence-electron chi connectivity index (χ4n) is 1.70. The Morgan fingerprint density at radius 3 is 2.67 bits per heavy atom. The summed E-state index contributed by atoms with van der Waals surface area (Å²) < 4.78 is 5.85. The highest BCUT2D eigenvalue weighted by molar-refractivity contribution is 14.1. The van der Waals surface area contributed by atoms with Crippen molar-refractivity contribution in [2.75, 3.05) is 7.11 Å². The summed E-state index contributed by atoms with van der Waals surface area (Å²) in [6, 6.07) is 13.0. The van der Waals surface area contributed by atoms with Crippen molar-refractivity contribution in [3.8, 4) is 11.1 Å². The normalized spacial score (nSPS) is 10.2. The summed E-state index contributed by atoms with van der Waals surface area (Å²) in [4.78, 5) is 11.7. The van der Waals surface area contributed by atoms with E-state index in [4.69, 9.17) is 16.3 Å². The third kappa shape index (κ3) is 2.84. The molecule has 92 valence electrons. The molecule has 0 unspecified atom stereocenters. The van der Waals surface area contributed by atoms with Crippen LogP contribution in [0.4, 0.5) is 0 Å². The zero-order valence-corrected chi connectivity index (χ0v) is 12.5. The molecule has 2 nitrogen and oxygen atoms in total. The molecule has 0 amide bonds. The largest absolute Gasteiger partial charge is 0.465 e. The third-order valence-corrected chi connectivity index (χ3v) is 3.43. The van der Waals surface area contributed by atoms with E-state index in [-0.39, 0.29) is 5.97 Å². The molecule has 0 aliphatic rings. The number of esters is 1. The fourth-order valence-corrected chi connectivity index (χ4v) is 2.38. The monoisotopic (exact) mass is 372 g/mol. The lowest BCUT2D eigenvalue weighted by molar-refractivity contribution is 0.0601. The molecule has 2 aromatic rings. The summed E-state index contributed by atoms with van der Waals surface area (Å²) in [6.45, 7) is 0. The van der Waals surface area contributed by atoms with Gasteiger partial charge in [0, 0.05) is 8.59 Å². The first kappa shape index (κ1) is 13.4. The van der Waals surface area contributed by atoms with Crippen LogP contribution < -0.4 is 0 Å². The van der Waals surface area contributed by atoms with Crippen LogP contribution >= 0.6 is 34.2 Å². The van der Waals surface area contributed by atoms with Crippen LogP contribution in [0.2, 0.25) is 5.02 Å². The average Bonchev–Trinajstić information content (AvgIpc) is 2.38. The molecule has 0 radical (unpaired) electrons. The van der Waals surface area contributed by atoms with Crippen molar-refractivity contribution in [3.63, 3.8) is 0 Å². The number of carbonyl (C=O) groups excluding carboxylic acids is 1. The van der Waals surface area contributed by atoms with Crippen LogP contribution in [0.3, 0.4) is 0 Å². The lowest BCUT2D eigenvalue weighted by atomic mass is 10.00. The van der Waals surface area contributed by atoms with Crippen LogP contribution in [-0.4, -0.2) is 13.1 Å². The van der Waals surface area contributed by atoms with E-state index in [0.29, 0.717) is 10.6 Å². The Kier molecular flexibility index (Phi) is 4.24. The average molecular weight is 373 g/mol. The molecule has 0 N–H and O–H groups in total. The van der Waals surface area contributed by atoms with Crippen LogP contribution in [0, 0.1) is 3.57 Å². The van der Waals surface area contributed by atoms with Gasteiger partial charge in [0.15, 0.2) is 0 Å². The zero-order valence-electron chi connectivity index (χ0n) is 9.61. The van der Waals surface area contributed by atoms with Crippen molar-refractivity contribution in [3.05, 3.63) is 56.6 Å². The molecule has 0 bridgehead atoms. The Balaban J connectivity index is 2.61. The highest BCUT2D eigenvalue weighted by Crippen LogP contribution is 2.28. The SMILES string of the molecule is COC(=O)c1ccc(I)cc1-c1cccc(Cl)c1. The maximum Gasteiger partial charge on any atom is 0.338 e. The van der Waals surface area contributed by atoms with Gasteiger partial charge in [0.2, 0.25) is 0 Å². The van der Waals surface area contributed by atoms with Gasteiger partial charge in [-0.05, 0) is 64.0 Å². The first-order chi connectivity index (χ1) is 8.61. The van der Waals surface area contributed by atoms with E-state index in [1.165, 1.54) is 7.11 Å². The molecule has 0 atom stereocenters. The molecule has 0 saturated heterocycles. The van der Waals surface area contributed by atoms with E-state index >= 15 is 0 Å². The van der Waals surface area contributed by atoms with Gasteiger partial charge < -0.3 is 4.74 Å². The summed E-state index contributed by atoms with van der Waals surface area (Å²) in [5, 5.41) is 0.641. The number of halogens is 2. The number of hydrogen-bond donors (Lipinski definition) is 0. The van der Waals surface area contributed by atoms with E-state index in [9.17, 15) is 4.79 Å². The maximum atomic E-state index is 11.7. The molecule has 0 aromatic heterocycles. The number of methoxy groups -OCH3 is 1. The number of hydrogen-bond acceptors (Lipinski definition) is 2. The number of carbonyl (C=O) groups is 1. The summed E-state index contributed by atoms with van der Waals surface area (Å²) in [5.41, 5.74) is 2.28. The fraction of sp³-hybridized carbons (Fsp3) is 0.0714. The van der Waals surface area contributed by atoms with E-state index in [1.807, 2.05) is 30.3 Å². The molecular weight excluding hydrogens is 363 g/mol. The van der Waals surface area contributed by atoms with Gasteiger partial charge in [-0.1, -0.05) is 23.7 Å². The van der Waals surface area contributed by atoms with E-state index in [1.54, 1.807) is 12.1 Å². The Labute approximate surface area is 124 Å². The van der Waals surface area contributed by atoms with Crippen LogP contribution in [-0.2, 0) is 4.74 Å². The maximum absolute atomic E-state index is 11.7. The van der Waals surface area contributed by atoms with Crippen molar-refractivity contribution < 1.29 is 9.53 Å². The second kappa shape index (κ2) is 5.71. The van der Waals surface area contributed by atoms with Crippen molar-refractivity contribution in [1.82, 2.24) is 0 Å². The quantitative estimate of drug-likeness (QED) is 0.577. The Morgan fingerprint density at radius 1 is 1.22 bits per heavy atom. The molecule has 2 aromatic carbocycles. The number of rotatable bonds is 2. The Morgan fingerprint density at radius 2 is 2.00 bits per heavy atom. The minimum atomic E-state index is -0.346. The predicted molar refractivity (Wildman–Crippen MR) is 80.9 cm³/mol. The molecule has 0 fully saturated rings. The third-order valence-electron chi connectivity index (χ3n) is 2.52. The lowest BCUT2D eigenvalue weighted by Gasteiger charge is -2.09. The molecule has 0 aliphatic heterocycles. The molecular formula is C14H10ClIO2. The van der Waals surface area contributed by atoms with Gasteiger partial charge in [-0.2, -0.15) is 0 Å². The topological polar surface area (TPSA) is 26.3 Å². The predicted octanol–water partition coefficient (Wildman–Crippen LogP) is 4.40. The summed E-state index contributed by atoms with van der Waals surface area (Å²) in [7, 11) is 1.38. The molecule has 0 spiro atoms. The zero-order chi connectivity index (χ0) is 13.1. The first-order valence-electron chi connectivity index (χ1n) is 5.25. The standard InChI is InChI=1S/C14H10ClIO2/c1-18-14(17)12-6-5-11(16)8-13(12)9-3-2-4-10(15)7-9/h2-8H,1H3. The molecule has 0 saturated carbocycles. The van der Waals surface area contributed by atoms with Crippen LogP contribution in [0.1, 0.15) is 10.4 Å². The van der Waals surface area contributed by atoms with Crippen molar-refractivity contribution in [2.45, 2.75) is 0 Å². The molecule has 4 heteroatoms. The number of ether oxygens (including phenoxy) is 1. The smallest absolute Gasteiger partial charge is 0.338 e. The van der Waals surface area contributed by atoms with Gasteiger partial charge in [0.05, 0.1) is 12.7 Å². The Hall–Kier alpha value is -1.07. The van der Waals surface area contributed by atoms with Crippen molar-refractivity contribution in [1.29, 1.82) is 0 Å². The van der Waals surface area contributed by atoms with Crippen molar-refractivity contribution in [2.24, 2.45) is 0 Å². The van der Waals surface area contributed by atoms with Gasteiger partial charge in [-0.3, -0.25) is 0 Å². The first-order valence-corrected chi connectivity index (χ1v) is 6.71. The molecule has 18 heavy (non-hydrogen) atoms. The Bertz CT molecular complexity index is 596. The van der Waals surface area contributed by atoms with Crippen LogP contribution in [0.15, 0.2) is 42.5 Å². The minimum absolute atomic E-state index is 0.346. The summed E-state index contributed by atoms with van der Waals surface area (Å²) in [5.74, 6) is -0.346. The van der Waals surface area contributed by atoms with Gasteiger partial charge >= 0.3 is 5.97 Å². The van der Waals surface area contributed by atoms with Gasteiger partial charge in [-0.25, -0.2) is 4.79 Å². The summed E-state index contributed by atoms with van der Waals surface area (Å²) >= 11 is 8.19. The van der Waals surface area contributed by atoms with E-state index in [2.05, 4.69) is 22.6 Å². The molecule has 0 heterocycles. The van der Waals surface area contributed by atoms with Gasteiger partial charge in [-0.15, -0.1) is 0 Å².